The lowest BCUT2D eigenvalue weighted by Crippen LogP contribution is -2.62. The van der Waals surface area contributed by atoms with Gasteiger partial charge in [-0.1, -0.05) is 30.3 Å². The van der Waals surface area contributed by atoms with Crippen molar-refractivity contribution < 1.29 is 19.4 Å². The van der Waals surface area contributed by atoms with Gasteiger partial charge in [-0.05, 0) is 44.0 Å². The van der Waals surface area contributed by atoms with Gasteiger partial charge < -0.3 is 19.5 Å². The van der Waals surface area contributed by atoms with E-state index in [1.54, 1.807) is 0 Å². The third-order valence-corrected chi connectivity index (χ3v) is 6.18. The van der Waals surface area contributed by atoms with Crippen molar-refractivity contribution >= 4 is 5.91 Å². The average molecular weight is 381 g/mol. The van der Waals surface area contributed by atoms with Gasteiger partial charge in [0.2, 0.25) is 0 Å². The van der Waals surface area contributed by atoms with Crippen LogP contribution in [0, 0.1) is 5.41 Å². The fourth-order valence-electron chi connectivity index (χ4n) is 4.46. The van der Waals surface area contributed by atoms with Crippen LogP contribution < -0.4 is 4.74 Å². The largest absolute Gasteiger partial charge is 0.457 e. The molecule has 1 N–H and O–H groups in total. The number of piperidine rings is 1. The molecule has 2 aromatic carbocycles. The van der Waals surface area contributed by atoms with E-state index in [0.29, 0.717) is 43.2 Å². The van der Waals surface area contributed by atoms with Gasteiger partial charge in [-0.15, -0.1) is 0 Å². The molecule has 5 nitrogen and oxygen atoms in total. The molecule has 1 aliphatic carbocycles. The summed E-state index contributed by atoms with van der Waals surface area (Å²) in [6, 6.07) is 16.9. The molecule has 2 aliphatic rings. The van der Waals surface area contributed by atoms with Crippen molar-refractivity contribution in [1.29, 1.82) is 0 Å². The molecule has 0 bridgehead atoms. The van der Waals surface area contributed by atoms with E-state index in [2.05, 4.69) is 0 Å². The zero-order chi connectivity index (χ0) is 19.6. The molecule has 4 rings (SSSR count). The Morgan fingerprint density at radius 1 is 1.11 bits per heavy atom. The Morgan fingerprint density at radius 2 is 1.79 bits per heavy atom. The van der Waals surface area contributed by atoms with Crippen molar-refractivity contribution in [1.82, 2.24) is 4.90 Å². The molecule has 1 saturated carbocycles. The van der Waals surface area contributed by atoms with Crippen LogP contribution in [0.1, 0.15) is 36.5 Å². The predicted molar refractivity (Wildman–Crippen MR) is 107 cm³/mol. The minimum Gasteiger partial charge on any atom is -0.457 e. The van der Waals surface area contributed by atoms with Crippen LogP contribution in [-0.4, -0.2) is 47.8 Å². The van der Waals surface area contributed by atoms with Crippen molar-refractivity contribution in [3.63, 3.8) is 0 Å². The zero-order valence-electron chi connectivity index (χ0n) is 16.2. The summed E-state index contributed by atoms with van der Waals surface area (Å²) >= 11 is 0. The summed E-state index contributed by atoms with van der Waals surface area (Å²) in [5, 5.41) is 10.4. The monoisotopic (exact) mass is 381 g/mol. The van der Waals surface area contributed by atoms with E-state index in [4.69, 9.17) is 9.47 Å². The summed E-state index contributed by atoms with van der Waals surface area (Å²) in [6.45, 7) is 3.89. The number of carbonyl (C=O) groups is 1. The molecule has 1 spiro atoms. The lowest BCUT2D eigenvalue weighted by atomic mass is 9.58. The number of aliphatic hydroxyl groups is 1. The fourth-order valence-corrected chi connectivity index (χ4v) is 4.46. The molecule has 0 radical (unpaired) electrons. The Bertz CT molecular complexity index is 812. The highest BCUT2D eigenvalue weighted by molar-refractivity contribution is 5.97. The van der Waals surface area contributed by atoms with Crippen LogP contribution in [0.3, 0.4) is 0 Å². The molecule has 2 aromatic rings. The van der Waals surface area contributed by atoms with Crippen molar-refractivity contribution in [3.8, 4) is 11.5 Å². The molecule has 2 fully saturated rings. The molecular weight excluding hydrogens is 354 g/mol. The van der Waals surface area contributed by atoms with Crippen molar-refractivity contribution in [2.24, 2.45) is 5.41 Å². The van der Waals surface area contributed by atoms with Crippen LogP contribution >= 0.6 is 0 Å². The predicted octanol–water partition coefficient (Wildman–Crippen LogP) is 3.87. The number of carbonyl (C=O) groups excluding carboxylic acids is 1. The molecule has 1 saturated heterocycles. The highest BCUT2D eigenvalue weighted by Crippen LogP contribution is 2.51. The minimum atomic E-state index is -0.324. The first kappa shape index (κ1) is 19.0. The van der Waals surface area contributed by atoms with Crippen LogP contribution in [-0.2, 0) is 4.74 Å². The second-order valence-electron chi connectivity index (χ2n) is 7.63. The first-order valence-corrected chi connectivity index (χ1v) is 10.0. The zero-order valence-corrected chi connectivity index (χ0v) is 16.2. The smallest absolute Gasteiger partial charge is 0.257 e. The second-order valence-corrected chi connectivity index (χ2v) is 7.63. The topological polar surface area (TPSA) is 59.0 Å². The number of hydrogen-bond acceptors (Lipinski definition) is 4. The molecule has 1 heterocycles. The fraction of sp³-hybridized carbons (Fsp3) is 0.435. The quantitative estimate of drug-likeness (QED) is 0.854. The summed E-state index contributed by atoms with van der Waals surface area (Å²) in [7, 11) is 0. The summed E-state index contributed by atoms with van der Waals surface area (Å²) in [4.78, 5) is 15.0. The lowest BCUT2D eigenvalue weighted by molar-refractivity contribution is -0.207. The number of ether oxygens (including phenoxy) is 2. The summed E-state index contributed by atoms with van der Waals surface area (Å²) in [5.41, 5.74) is 0.380. The number of amides is 1. The Morgan fingerprint density at radius 3 is 2.46 bits per heavy atom. The first-order valence-electron chi connectivity index (χ1n) is 10.0. The molecule has 5 heteroatoms. The van der Waals surface area contributed by atoms with Crippen molar-refractivity contribution in [2.45, 2.75) is 38.4 Å². The van der Waals surface area contributed by atoms with Crippen LogP contribution in [0.15, 0.2) is 54.6 Å². The van der Waals surface area contributed by atoms with Crippen molar-refractivity contribution in [3.05, 3.63) is 60.2 Å². The van der Waals surface area contributed by atoms with Gasteiger partial charge in [0.15, 0.2) is 0 Å². The molecule has 2 atom stereocenters. The second kappa shape index (κ2) is 7.94. The normalized spacial score (nSPS) is 23.3. The van der Waals surface area contributed by atoms with E-state index < -0.39 is 0 Å². The number of likely N-dealkylation sites (tertiary alicyclic amines) is 1. The third kappa shape index (κ3) is 3.40. The van der Waals surface area contributed by atoms with E-state index in [9.17, 15) is 9.90 Å². The third-order valence-electron chi connectivity index (χ3n) is 6.18. The standard InChI is InChI=1S/C23H27NO4/c1-2-27-21-16-20(25)23(21)12-14-24(15-13-23)22(26)18-10-6-7-11-19(18)28-17-8-4-3-5-9-17/h3-11,20-21,25H,2,12-16H2,1H3/t20-,21+/m1/s1. The number of rotatable bonds is 5. The van der Waals surface area contributed by atoms with E-state index in [-0.39, 0.29) is 23.5 Å². The summed E-state index contributed by atoms with van der Waals surface area (Å²) < 4.78 is 11.8. The van der Waals surface area contributed by atoms with E-state index in [0.717, 1.165) is 12.8 Å². The SMILES string of the molecule is CCO[C@H]1C[C@@H](O)C12CCN(C(=O)c1ccccc1Oc1ccccc1)CC2. The van der Waals surface area contributed by atoms with Gasteiger partial charge >= 0.3 is 0 Å². The number of hydrogen-bond donors (Lipinski definition) is 1. The number of benzene rings is 2. The van der Waals surface area contributed by atoms with Crippen LogP contribution in [0.25, 0.3) is 0 Å². The maximum Gasteiger partial charge on any atom is 0.257 e. The van der Waals surface area contributed by atoms with Gasteiger partial charge in [0.05, 0.1) is 17.8 Å². The van der Waals surface area contributed by atoms with Crippen molar-refractivity contribution in [2.75, 3.05) is 19.7 Å². The Hall–Kier alpha value is -2.37. The Balaban J connectivity index is 1.46. The average Bonchev–Trinajstić information content (AvgIpc) is 2.74. The van der Waals surface area contributed by atoms with Gasteiger partial charge in [-0.3, -0.25) is 4.79 Å². The Labute approximate surface area is 165 Å². The summed E-state index contributed by atoms with van der Waals surface area (Å²) in [6.07, 6.45) is 2.03. The lowest BCUT2D eigenvalue weighted by Gasteiger charge is -2.56. The van der Waals surface area contributed by atoms with E-state index in [1.807, 2.05) is 66.4 Å². The molecule has 1 amide bonds. The van der Waals surface area contributed by atoms with Crippen LogP contribution in [0.2, 0.25) is 0 Å². The van der Waals surface area contributed by atoms with Gasteiger partial charge in [-0.2, -0.15) is 0 Å². The highest BCUT2D eigenvalue weighted by Gasteiger charge is 2.56. The molecule has 148 valence electrons. The number of nitrogens with zero attached hydrogens (tertiary/aromatic N) is 1. The van der Waals surface area contributed by atoms with Crippen LogP contribution in [0.5, 0.6) is 11.5 Å². The summed E-state index contributed by atoms with van der Waals surface area (Å²) in [5.74, 6) is 1.25. The molecule has 0 unspecified atom stereocenters. The van der Waals surface area contributed by atoms with Gasteiger partial charge in [0, 0.05) is 31.5 Å². The van der Waals surface area contributed by atoms with Gasteiger partial charge in [0.1, 0.15) is 11.5 Å². The van der Waals surface area contributed by atoms with E-state index >= 15 is 0 Å². The maximum absolute atomic E-state index is 13.2. The van der Waals surface area contributed by atoms with Gasteiger partial charge in [-0.25, -0.2) is 0 Å². The molecule has 28 heavy (non-hydrogen) atoms. The van der Waals surface area contributed by atoms with Gasteiger partial charge in [0.25, 0.3) is 5.91 Å². The number of para-hydroxylation sites is 2. The van der Waals surface area contributed by atoms with Crippen LogP contribution in [0.4, 0.5) is 0 Å². The first-order chi connectivity index (χ1) is 13.6. The molecule has 1 aliphatic heterocycles. The number of aliphatic hydroxyl groups excluding tert-OH is 1. The highest BCUT2D eigenvalue weighted by atomic mass is 16.5. The minimum absolute atomic E-state index is 0.0249. The molecule has 0 aromatic heterocycles. The maximum atomic E-state index is 13.2. The molecular formula is C23H27NO4. The Kier molecular flexibility index (Phi) is 5.38. The van der Waals surface area contributed by atoms with E-state index in [1.165, 1.54) is 0 Å².